The summed E-state index contributed by atoms with van der Waals surface area (Å²) >= 11 is 0. The highest BCUT2D eigenvalue weighted by molar-refractivity contribution is 5.47. The second-order valence-electron chi connectivity index (χ2n) is 1.26. The van der Waals surface area contributed by atoms with Crippen molar-refractivity contribution < 1.29 is 4.79 Å². The first-order valence-corrected chi connectivity index (χ1v) is 2.22. The molecule has 0 saturated carbocycles. The van der Waals surface area contributed by atoms with Gasteiger partial charge in [-0.2, -0.15) is 0 Å². The minimum Gasteiger partial charge on any atom is -0.352 e. The minimum atomic E-state index is -0.250. The number of rotatable bonds is 4. The Hall–Kier alpha value is -0.830. The molecule has 1 atom stereocenters. The molecule has 1 radical (unpaired) electrons. The Morgan fingerprint density at radius 2 is 2.38 bits per heavy atom. The van der Waals surface area contributed by atoms with Gasteiger partial charge >= 0.3 is 0 Å². The van der Waals surface area contributed by atoms with Crippen LogP contribution in [0.1, 0.15) is 0 Å². The van der Waals surface area contributed by atoms with Crippen molar-refractivity contribution in [3.8, 4) is 0 Å². The van der Waals surface area contributed by atoms with Gasteiger partial charge in [0.05, 0.1) is 6.54 Å². The van der Waals surface area contributed by atoms with Gasteiger partial charge in [0, 0.05) is 6.04 Å². The van der Waals surface area contributed by atoms with E-state index in [1.165, 1.54) is 12.6 Å². The summed E-state index contributed by atoms with van der Waals surface area (Å²) in [4.78, 5) is 9.59. The molecule has 0 aliphatic carbocycles. The minimum absolute atomic E-state index is 0.250. The molecule has 3 heteroatoms. The lowest BCUT2D eigenvalue weighted by molar-refractivity contribution is -0.109. The molecule has 0 fully saturated rings. The molecule has 0 aliphatic heterocycles. The van der Waals surface area contributed by atoms with Crippen molar-refractivity contribution in [2.45, 2.75) is 6.04 Å². The fourth-order valence-corrected chi connectivity index (χ4v) is 0.218. The van der Waals surface area contributed by atoms with E-state index in [1.807, 2.05) is 0 Å². The Labute approximate surface area is 48.6 Å². The van der Waals surface area contributed by atoms with Crippen LogP contribution in [-0.2, 0) is 4.79 Å². The average Bonchev–Trinajstić information content (AvgIpc) is 1.83. The number of nitrogens with one attached hydrogen (secondary N) is 1. The van der Waals surface area contributed by atoms with E-state index in [0.29, 0.717) is 6.41 Å². The molecule has 1 amide bonds. The Kier molecular flexibility index (Phi) is 3.88. The number of carbonyl (C=O) groups excluding carboxylic acids is 1. The van der Waals surface area contributed by atoms with Gasteiger partial charge < -0.3 is 11.1 Å². The van der Waals surface area contributed by atoms with Gasteiger partial charge in [0.2, 0.25) is 6.41 Å². The monoisotopic (exact) mass is 113 g/mol. The van der Waals surface area contributed by atoms with Crippen LogP contribution >= 0.6 is 0 Å². The third-order valence-electron chi connectivity index (χ3n) is 0.629. The van der Waals surface area contributed by atoms with E-state index in [2.05, 4.69) is 11.9 Å². The number of nitrogens with two attached hydrogens (primary N) is 1. The standard InChI is InChI=1S/C5H9N2O/c1-2-5(6)3-7-4-8/h2-5H,1,6H2,(H,7,8). The van der Waals surface area contributed by atoms with Crippen molar-refractivity contribution in [3.05, 3.63) is 19.2 Å². The highest BCUT2D eigenvalue weighted by Crippen LogP contribution is 1.78. The van der Waals surface area contributed by atoms with E-state index in [4.69, 9.17) is 5.73 Å². The lowest BCUT2D eigenvalue weighted by Crippen LogP contribution is -2.25. The van der Waals surface area contributed by atoms with Crippen LogP contribution in [0.5, 0.6) is 0 Å². The van der Waals surface area contributed by atoms with E-state index in [0.717, 1.165) is 0 Å². The first-order chi connectivity index (χ1) is 3.81. The second-order valence-corrected chi connectivity index (χ2v) is 1.26. The summed E-state index contributed by atoms with van der Waals surface area (Å²) in [7, 11) is 0. The molecule has 0 aliphatic rings. The van der Waals surface area contributed by atoms with Gasteiger partial charge in [-0.05, 0) is 0 Å². The van der Waals surface area contributed by atoms with Crippen LogP contribution < -0.4 is 11.1 Å². The first-order valence-electron chi connectivity index (χ1n) is 2.22. The quantitative estimate of drug-likeness (QED) is 0.378. The number of hydrogen-bond acceptors (Lipinski definition) is 2. The third kappa shape index (κ3) is 3.36. The highest BCUT2D eigenvalue weighted by atomic mass is 16.1. The van der Waals surface area contributed by atoms with Crippen LogP contribution in [0.3, 0.4) is 0 Å². The molecular weight excluding hydrogens is 104 g/mol. The fourth-order valence-electron chi connectivity index (χ4n) is 0.218. The van der Waals surface area contributed by atoms with Crippen LogP contribution in [0.2, 0.25) is 0 Å². The van der Waals surface area contributed by atoms with Crippen molar-refractivity contribution in [2.24, 2.45) is 5.73 Å². The number of hydrogen-bond donors (Lipinski definition) is 2. The van der Waals surface area contributed by atoms with Crippen LogP contribution in [0.15, 0.2) is 12.7 Å². The zero-order chi connectivity index (χ0) is 6.41. The summed E-state index contributed by atoms with van der Waals surface area (Å²) in [6.45, 7) is 4.85. The SMILES string of the molecule is C=CC(N)[CH]NC=O. The molecule has 3 nitrogen and oxygen atoms in total. The van der Waals surface area contributed by atoms with Crippen LogP contribution in [-0.4, -0.2) is 12.5 Å². The van der Waals surface area contributed by atoms with E-state index in [9.17, 15) is 4.79 Å². The van der Waals surface area contributed by atoms with Gasteiger partial charge in [0.1, 0.15) is 0 Å². The maximum absolute atomic E-state index is 9.59. The number of amides is 1. The first kappa shape index (κ1) is 7.17. The molecule has 0 saturated heterocycles. The summed E-state index contributed by atoms with van der Waals surface area (Å²) in [5.74, 6) is 0. The number of carbonyl (C=O) groups is 1. The fraction of sp³-hybridized carbons (Fsp3) is 0.200. The van der Waals surface area contributed by atoms with E-state index in [1.54, 1.807) is 0 Å². The van der Waals surface area contributed by atoms with Crippen molar-refractivity contribution >= 4 is 6.41 Å². The molecule has 45 valence electrons. The molecular formula is C5H9N2O. The van der Waals surface area contributed by atoms with E-state index in [-0.39, 0.29) is 6.04 Å². The Morgan fingerprint density at radius 3 is 2.75 bits per heavy atom. The molecule has 8 heavy (non-hydrogen) atoms. The predicted octanol–water partition coefficient (Wildman–Crippen LogP) is -0.593. The lowest BCUT2D eigenvalue weighted by atomic mass is 10.3. The van der Waals surface area contributed by atoms with Gasteiger partial charge in [0.25, 0.3) is 0 Å². The third-order valence-corrected chi connectivity index (χ3v) is 0.629. The molecule has 0 aromatic heterocycles. The molecule has 0 rings (SSSR count). The van der Waals surface area contributed by atoms with Crippen molar-refractivity contribution in [1.82, 2.24) is 5.32 Å². The molecule has 0 heterocycles. The Bertz CT molecular complexity index is 82.5. The molecule has 3 N–H and O–H groups in total. The summed E-state index contributed by atoms with van der Waals surface area (Å²) in [6, 6.07) is -0.250. The zero-order valence-electron chi connectivity index (χ0n) is 4.50. The normalized spacial score (nSPS) is 12.1. The van der Waals surface area contributed by atoms with Crippen LogP contribution in [0, 0.1) is 6.54 Å². The summed E-state index contributed by atoms with van der Waals surface area (Å²) in [5.41, 5.74) is 5.26. The zero-order valence-corrected chi connectivity index (χ0v) is 4.50. The molecule has 1 unspecified atom stereocenters. The summed E-state index contributed by atoms with van der Waals surface area (Å²) in [5, 5.41) is 2.30. The van der Waals surface area contributed by atoms with Crippen LogP contribution in [0.4, 0.5) is 0 Å². The van der Waals surface area contributed by atoms with Gasteiger partial charge in [0.15, 0.2) is 0 Å². The van der Waals surface area contributed by atoms with Crippen molar-refractivity contribution in [3.63, 3.8) is 0 Å². The van der Waals surface area contributed by atoms with Gasteiger partial charge in [-0.3, -0.25) is 4.79 Å². The topological polar surface area (TPSA) is 55.1 Å². The van der Waals surface area contributed by atoms with Crippen molar-refractivity contribution in [1.29, 1.82) is 0 Å². The predicted molar refractivity (Wildman–Crippen MR) is 31.7 cm³/mol. The van der Waals surface area contributed by atoms with Gasteiger partial charge in [-0.15, -0.1) is 6.58 Å². The van der Waals surface area contributed by atoms with Gasteiger partial charge in [-0.25, -0.2) is 0 Å². The van der Waals surface area contributed by atoms with Gasteiger partial charge in [-0.1, -0.05) is 6.08 Å². The molecule has 0 aromatic rings. The maximum atomic E-state index is 9.59. The maximum Gasteiger partial charge on any atom is 0.207 e. The Morgan fingerprint density at radius 1 is 1.75 bits per heavy atom. The smallest absolute Gasteiger partial charge is 0.207 e. The average molecular weight is 113 g/mol. The van der Waals surface area contributed by atoms with E-state index >= 15 is 0 Å². The molecule has 0 aromatic carbocycles. The summed E-state index contributed by atoms with van der Waals surface area (Å²) < 4.78 is 0. The largest absolute Gasteiger partial charge is 0.352 e. The summed E-state index contributed by atoms with van der Waals surface area (Å²) in [6.07, 6.45) is 2.08. The van der Waals surface area contributed by atoms with Crippen molar-refractivity contribution in [2.75, 3.05) is 0 Å². The molecule has 0 bridgehead atoms. The molecule has 0 spiro atoms. The van der Waals surface area contributed by atoms with Crippen LogP contribution in [0.25, 0.3) is 0 Å². The lowest BCUT2D eigenvalue weighted by Gasteiger charge is -2.00. The second kappa shape index (κ2) is 4.33. The highest BCUT2D eigenvalue weighted by Gasteiger charge is 1.91. The Balaban J connectivity index is 3.09. The van der Waals surface area contributed by atoms with E-state index < -0.39 is 0 Å².